The van der Waals surface area contributed by atoms with Crippen molar-refractivity contribution in [3.63, 3.8) is 0 Å². The molecule has 28 heavy (non-hydrogen) atoms. The molecule has 150 valence electrons. The molecule has 1 aromatic rings. The second kappa shape index (κ2) is 8.99. The van der Waals surface area contributed by atoms with E-state index in [1.54, 1.807) is 18.2 Å². The SMILES string of the molecule is C=C([C@H]1CC[C@H](/C=C/C#N)CC1)[C@H]1CC[C@H](c2ccc(C(F)(F)F)cc2)CC1. The zero-order chi connectivity index (χ0) is 20.1. The summed E-state index contributed by atoms with van der Waals surface area (Å²) in [4.78, 5) is 0. The van der Waals surface area contributed by atoms with Crippen molar-refractivity contribution >= 4 is 0 Å². The molecule has 0 aromatic heterocycles. The van der Waals surface area contributed by atoms with Crippen molar-refractivity contribution in [2.75, 3.05) is 0 Å². The number of hydrogen-bond donors (Lipinski definition) is 0. The number of halogens is 3. The number of benzene rings is 1. The number of hydrogen-bond acceptors (Lipinski definition) is 1. The minimum Gasteiger partial charge on any atom is -0.193 e. The van der Waals surface area contributed by atoms with Gasteiger partial charge in [-0.2, -0.15) is 18.4 Å². The van der Waals surface area contributed by atoms with E-state index in [2.05, 4.69) is 12.6 Å². The lowest BCUT2D eigenvalue weighted by Gasteiger charge is -2.36. The highest BCUT2D eigenvalue weighted by Crippen LogP contribution is 2.44. The summed E-state index contributed by atoms with van der Waals surface area (Å²) in [5.74, 6) is 2.01. The van der Waals surface area contributed by atoms with E-state index in [-0.39, 0.29) is 0 Å². The summed E-state index contributed by atoms with van der Waals surface area (Å²) in [5, 5.41) is 8.66. The first-order valence-corrected chi connectivity index (χ1v) is 10.3. The van der Waals surface area contributed by atoms with Gasteiger partial charge in [0, 0.05) is 6.08 Å². The van der Waals surface area contributed by atoms with Crippen LogP contribution in [0.3, 0.4) is 0 Å². The lowest BCUT2D eigenvalue weighted by Crippen LogP contribution is -2.22. The first-order valence-electron chi connectivity index (χ1n) is 10.3. The quantitative estimate of drug-likeness (QED) is 0.389. The Bertz CT molecular complexity index is 723. The number of rotatable bonds is 4. The zero-order valence-electron chi connectivity index (χ0n) is 16.2. The van der Waals surface area contributed by atoms with Crippen LogP contribution in [0.15, 0.2) is 48.6 Å². The second-order valence-electron chi connectivity index (χ2n) is 8.34. The molecule has 0 saturated heterocycles. The molecule has 0 radical (unpaired) electrons. The normalized spacial score (nSPS) is 28.8. The molecule has 0 heterocycles. The molecule has 2 saturated carbocycles. The van der Waals surface area contributed by atoms with Gasteiger partial charge < -0.3 is 0 Å². The molecule has 0 atom stereocenters. The zero-order valence-corrected chi connectivity index (χ0v) is 16.2. The molecule has 3 rings (SSSR count). The molecule has 2 aliphatic carbocycles. The Hall–Kier alpha value is -2.02. The van der Waals surface area contributed by atoms with Crippen molar-refractivity contribution in [3.05, 3.63) is 59.7 Å². The van der Waals surface area contributed by atoms with Crippen LogP contribution in [0.25, 0.3) is 0 Å². The predicted molar refractivity (Wildman–Crippen MR) is 105 cm³/mol. The van der Waals surface area contributed by atoms with Crippen molar-refractivity contribution < 1.29 is 13.2 Å². The molecule has 0 bridgehead atoms. The van der Waals surface area contributed by atoms with Gasteiger partial charge in [-0.1, -0.05) is 30.4 Å². The minimum atomic E-state index is -4.27. The summed E-state index contributed by atoms with van der Waals surface area (Å²) >= 11 is 0. The first kappa shape index (κ1) is 20.7. The van der Waals surface area contributed by atoms with Gasteiger partial charge in [-0.3, -0.25) is 0 Å². The highest BCUT2D eigenvalue weighted by molar-refractivity contribution is 5.27. The van der Waals surface area contributed by atoms with Crippen LogP contribution in [0, 0.1) is 29.1 Å². The monoisotopic (exact) mass is 387 g/mol. The maximum atomic E-state index is 12.7. The highest BCUT2D eigenvalue weighted by atomic mass is 19.4. The summed E-state index contributed by atoms with van der Waals surface area (Å²) in [7, 11) is 0. The lowest BCUT2D eigenvalue weighted by molar-refractivity contribution is -0.137. The van der Waals surface area contributed by atoms with Crippen molar-refractivity contribution in [1.82, 2.24) is 0 Å². The third kappa shape index (κ3) is 5.07. The number of alkyl halides is 3. The Balaban J connectivity index is 1.49. The fourth-order valence-electron chi connectivity index (χ4n) is 4.94. The summed E-state index contributed by atoms with van der Waals surface area (Å²) in [6.07, 6.45) is 8.14. The van der Waals surface area contributed by atoms with Gasteiger partial charge in [0.1, 0.15) is 0 Å². The van der Waals surface area contributed by atoms with Gasteiger partial charge in [-0.15, -0.1) is 0 Å². The standard InChI is InChI=1S/C24H28F3N/c1-17(19-6-4-18(5-7-19)3-2-16-28)20-8-10-21(11-9-20)22-12-14-23(15-13-22)24(25,26)27/h2-3,12-15,18-21H,1,4-11H2/b3-2+/t18-,19-,20-,21-. The summed E-state index contributed by atoms with van der Waals surface area (Å²) < 4.78 is 38.2. The highest BCUT2D eigenvalue weighted by Gasteiger charge is 2.32. The number of allylic oxidation sites excluding steroid dienone is 3. The lowest BCUT2D eigenvalue weighted by atomic mass is 9.70. The van der Waals surface area contributed by atoms with E-state index >= 15 is 0 Å². The van der Waals surface area contributed by atoms with E-state index in [4.69, 9.17) is 5.26 Å². The van der Waals surface area contributed by atoms with Gasteiger partial charge in [0.25, 0.3) is 0 Å². The Morgan fingerprint density at radius 1 is 0.929 bits per heavy atom. The van der Waals surface area contributed by atoms with Crippen LogP contribution < -0.4 is 0 Å². The van der Waals surface area contributed by atoms with Crippen LogP contribution in [0.4, 0.5) is 13.2 Å². The first-order chi connectivity index (χ1) is 13.4. The van der Waals surface area contributed by atoms with E-state index in [1.807, 2.05) is 6.08 Å². The molecule has 0 unspecified atom stereocenters. The van der Waals surface area contributed by atoms with Gasteiger partial charge in [-0.05, 0) is 92.7 Å². The van der Waals surface area contributed by atoms with Crippen molar-refractivity contribution in [2.24, 2.45) is 17.8 Å². The topological polar surface area (TPSA) is 23.8 Å². The Morgan fingerprint density at radius 3 is 1.96 bits per heavy atom. The molecule has 1 aromatic carbocycles. The van der Waals surface area contributed by atoms with Crippen LogP contribution in [0.5, 0.6) is 0 Å². The minimum absolute atomic E-state index is 0.359. The van der Waals surface area contributed by atoms with Gasteiger partial charge >= 0.3 is 6.18 Å². The van der Waals surface area contributed by atoms with Gasteiger partial charge in [0.05, 0.1) is 11.6 Å². The van der Waals surface area contributed by atoms with E-state index in [0.29, 0.717) is 23.7 Å². The smallest absolute Gasteiger partial charge is 0.193 e. The van der Waals surface area contributed by atoms with E-state index in [1.165, 1.54) is 17.7 Å². The van der Waals surface area contributed by atoms with Crippen LogP contribution in [-0.2, 0) is 6.18 Å². The fourth-order valence-corrected chi connectivity index (χ4v) is 4.94. The van der Waals surface area contributed by atoms with Crippen molar-refractivity contribution in [2.45, 2.75) is 63.5 Å². The number of nitriles is 1. The number of nitrogens with zero attached hydrogens (tertiary/aromatic N) is 1. The predicted octanol–water partition coefficient (Wildman–Crippen LogP) is 7.42. The summed E-state index contributed by atoms with van der Waals surface area (Å²) in [6, 6.07) is 7.79. The molecular formula is C24H28F3N. The fraction of sp³-hybridized carbons (Fsp3) is 0.542. The molecule has 2 fully saturated rings. The van der Waals surface area contributed by atoms with Gasteiger partial charge in [-0.25, -0.2) is 0 Å². The third-order valence-corrected chi connectivity index (χ3v) is 6.70. The average molecular weight is 387 g/mol. The molecule has 0 aliphatic heterocycles. The van der Waals surface area contributed by atoms with Crippen LogP contribution >= 0.6 is 0 Å². The van der Waals surface area contributed by atoms with Crippen LogP contribution in [-0.4, -0.2) is 0 Å². The largest absolute Gasteiger partial charge is 0.416 e. The Labute approximate surface area is 165 Å². The summed E-state index contributed by atoms with van der Waals surface area (Å²) in [5.41, 5.74) is 1.84. The molecule has 0 spiro atoms. The van der Waals surface area contributed by atoms with Crippen molar-refractivity contribution in [3.8, 4) is 6.07 Å². The molecule has 2 aliphatic rings. The van der Waals surface area contributed by atoms with Crippen molar-refractivity contribution in [1.29, 1.82) is 5.26 Å². The van der Waals surface area contributed by atoms with E-state index in [0.717, 1.165) is 56.9 Å². The van der Waals surface area contributed by atoms with Gasteiger partial charge in [0.15, 0.2) is 0 Å². The summed E-state index contributed by atoms with van der Waals surface area (Å²) in [6.45, 7) is 4.43. The molecule has 0 N–H and O–H groups in total. The molecular weight excluding hydrogens is 359 g/mol. The Kier molecular flexibility index (Phi) is 6.65. The maximum absolute atomic E-state index is 12.7. The molecule has 4 heteroatoms. The van der Waals surface area contributed by atoms with Crippen LogP contribution in [0.2, 0.25) is 0 Å². The molecule has 0 amide bonds. The maximum Gasteiger partial charge on any atom is 0.416 e. The van der Waals surface area contributed by atoms with E-state index < -0.39 is 11.7 Å². The second-order valence-corrected chi connectivity index (χ2v) is 8.34. The van der Waals surface area contributed by atoms with E-state index in [9.17, 15) is 13.2 Å². The third-order valence-electron chi connectivity index (χ3n) is 6.70. The average Bonchev–Trinajstić information content (AvgIpc) is 2.72. The van der Waals surface area contributed by atoms with Crippen LogP contribution in [0.1, 0.15) is 68.4 Å². The van der Waals surface area contributed by atoms with Gasteiger partial charge in [0.2, 0.25) is 0 Å². The Morgan fingerprint density at radius 2 is 1.46 bits per heavy atom. The molecule has 1 nitrogen and oxygen atoms in total.